The molecule has 124 valence electrons. The Hall–Kier alpha value is -1.71. The van der Waals surface area contributed by atoms with Crippen LogP contribution in [0, 0.1) is 0 Å². The summed E-state index contributed by atoms with van der Waals surface area (Å²) in [5.74, 6) is 0.204. The summed E-state index contributed by atoms with van der Waals surface area (Å²) in [6.45, 7) is 3.33. The number of piperidine rings is 1. The minimum absolute atomic E-state index is 0.0273. The summed E-state index contributed by atoms with van der Waals surface area (Å²) in [7, 11) is 0. The van der Waals surface area contributed by atoms with Crippen molar-refractivity contribution < 1.29 is 23.1 Å². The Balaban J connectivity index is 1.97. The molecule has 0 spiro atoms. The lowest BCUT2D eigenvalue weighted by molar-refractivity contribution is -0.272. The number of nitrogens with zero attached hydrogens (tertiary/aromatic N) is 5. The van der Waals surface area contributed by atoms with E-state index in [1.54, 1.807) is 0 Å². The first-order valence-electron chi connectivity index (χ1n) is 6.97. The van der Waals surface area contributed by atoms with Crippen molar-refractivity contribution in [1.29, 1.82) is 0 Å². The smallest absolute Gasteiger partial charge is 0.380 e. The summed E-state index contributed by atoms with van der Waals surface area (Å²) >= 11 is 0. The third-order valence-electron chi connectivity index (χ3n) is 3.83. The fourth-order valence-electron chi connectivity index (χ4n) is 2.38. The molecule has 1 N–H and O–H groups in total. The van der Waals surface area contributed by atoms with Crippen molar-refractivity contribution in [3.8, 4) is 0 Å². The molecule has 1 aliphatic heterocycles. The van der Waals surface area contributed by atoms with Crippen LogP contribution in [0.15, 0.2) is 0 Å². The van der Waals surface area contributed by atoms with Gasteiger partial charge in [-0.3, -0.25) is 4.79 Å². The molecule has 2 rings (SSSR count). The summed E-state index contributed by atoms with van der Waals surface area (Å²) in [5.41, 5.74) is -2.71. The molecular formula is C12H18F3N5O2. The van der Waals surface area contributed by atoms with Gasteiger partial charge in [0, 0.05) is 31.8 Å². The van der Waals surface area contributed by atoms with Crippen molar-refractivity contribution >= 4 is 5.91 Å². The van der Waals surface area contributed by atoms with Crippen LogP contribution in [0.5, 0.6) is 0 Å². The molecule has 1 aromatic rings. The van der Waals surface area contributed by atoms with Gasteiger partial charge in [0.15, 0.2) is 11.4 Å². The molecule has 1 aliphatic rings. The highest BCUT2D eigenvalue weighted by Crippen LogP contribution is 2.38. The summed E-state index contributed by atoms with van der Waals surface area (Å²) < 4.78 is 39.5. The minimum Gasteiger partial charge on any atom is -0.380 e. The van der Waals surface area contributed by atoms with Gasteiger partial charge in [0.2, 0.25) is 5.91 Å². The van der Waals surface area contributed by atoms with Crippen LogP contribution < -0.4 is 0 Å². The molecule has 1 amide bonds. The first-order chi connectivity index (χ1) is 10.1. The maximum atomic E-state index is 12.7. The Kier molecular flexibility index (Phi) is 4.41. The maximum absolute atomic E-state index is 12.7. The van der Waals surface area contributed by atoms with Crippen LogP contribution in [-0.4, -0.2) is 61.0 Å². The Bertz CT molecular complexity index is 535. The molecule has 7 nitrogen and oxygen atoms in total. The number of halogens is 3. The van der Waals surface area contributed by atoms with E-state index in [9.17, 15) is 23.1 Å². The Morgan fingerprint density at radius 3 is 2.45 bits per heavy atom. The quantitative estimate of drug-likeness (QED) is 0.886. The van der Waals surface area contributed by atoms with E-state index in [0.717, 1.165) is 0 Å². The minimum atomic E-state index is -4.68. The zero-order valence-electron chi connectivity index (χ0n) is 12.3. The zero-order chi connectivity index (χ0) is 16.5. The lowest BCUT2D eigenvalue weighted by Crippen LogP contribution is -2.54. The fourth-order valence-corrected chi connectivity index (χ4v) is 2.38. The highest BCUT2D eigenvalue weighted by molar-refractivity contribution is 5.76. The highest BCUT2D eigenvalue weighted by atomic mass is 19.4. The second-order valence-corrected chi connectivity index (χ2v) is 5.76. The van der Waals surface area contributed by atoms with E-state index in [1.807, 2.05) is 13.8 Å². The van der Waals surface area contributed by atoms with Gasteiger partial charge in [0.1, 0.15) is 6.54 Å². The van der Waals surface area contributed by atoms with E-state index in [2.05, 4.69) is 15.5 Å². The number of aromatic nitrogens is 4. The van der Waals surface area contributed by atoms with Crippen LogP contribution in [0.3, 0.4) is 0 Å². The second kappa shape index (κ2) is 5.82. The van der Waals surface area contributed by atoms with E-state index >= 15 is 0 Å². The van der Waals surface area contributed by atoms with Gasteiger partial charge in [-0.1, -0.05) is 13.8 Å². The maximum Gasteiger partial charge on any atom is 0.417 e. The van der Waals surface area contributed by atoms with Gasteiger partial charge in [0.05, 0.1) is 0 Å². The molecule has 2 heterocycles. The molecule has 1 saturated heterocycles. The van der Waals surface area contributed by atoms with Gasteiger partial charge in [-0.2, -0.15) is 13.2 Å². The SMILES string of the molecule is CC(C)c1nnnn1CC(=O)N1CCC(O)(C(F)(F)F)CC1. The standard InChI is InChI=1S/C12H18F3N5O2/c1-8(2)10-16-17-18-20(10)7-9(21)19-5-3-11(22,4-6-19)12(13,14)15/h8,22H,3-7H2,1-2H3. The predicted molar refractivity (Wildman–Crippen MR) is 68.7 cm³/mol. The number of carbonyl (C=O) groups excluding carboxylic acids is 1. The van der Waals surface area contributed by atoms with Crippen LogP contribution in [-0.2, 0) is 11.3 Å². The summed E-state index contributed by atoms with van der Waals surface area (Å²) in [5, 5.41) is 20.6. The van der Waals surface area contributed by atoms with E-state index in [1.165, 1.54) is 9.58 Å². The second-order valence-electron chi connectivity index (χ2n) is 5.76. The van der Waals surface area contributed by atoms with E-state index in [4.69, 9.17) is 0 Å². The molecule has 10 heteroatoms. The molecule has 1 fully saturated rings. The Labute approximate surface area is 125 Å². The molecule has 0 saturated carbocycles. The van der Waals surface area contributed by atoms with E-state index < -0.39 is 24.6 Å². The lowest BCUT2D eigenvalue weighted by Gasteiger charge is -2.39. The molecule has 0 radical (unpaired) electrons. The number of rotatable bonds is 3. The first-order valence-corrected chi connectivity index (χ1v) is 6.97. The number of carbonyl (C=O) groups is 1. The van der Waals surface area contributed by atoms with E-state index in [-0.39, 0.29) is 31.5 Å². The molecule has 0 aromatic carbocycles. The average Bonchev–Trinajstić information content (AvgIpc) is 2.86. The van der Waals surface area contributed by atoms with Crippen molar-refractivity contribution in [2.75, 3.05) is 13.1 Å². The average molecular weight is 321 g/mol. The molecule has 22 heavy (non-hydrogen) atoms. The van der Waals surface area contributed by atoms with Gasteiger partial charge in [-0.05, 0) is 10.4 Å². The Morgan fingerprint density at radius 2 is 1.95 bits per heavy atom. The lowest BCUT2D eigenvalue weighted by atomic mass is 9.91. The normalized spacial score (nSPS) is 18.8. The monoisotopic (exact) mass is 321 g/mol. The van der Waals surface area contributed by atoms with Crippen molar-refractivity contribution in [1.82, 2.24) is 25.1 Å². The number of tetrazole rings is 1. The van der Waals surface area contributed by atoms with Crippen LogP contribution in [0.1, 0.15) is 38.4 Å². The number of aliphatic hydroxyl groups is 1. The summed E-state index contributed by atoms with van der Waals surface area (Å²) in [6.07, 6.45) is -5.72. The van der Waals surface area contributed by atoms with Gasteiger partial charge in [-0.15, -0.1) is 5.10 Å². The van der Waals surface area contributed by atoms with Crippen LogP contribution >= 0.6 is 0 Å². The predicted octanol–water partition coefficient (Wildman–Crippen LogP) is 0.712. The molecule has 0 bridgehead atoms. The van der Waals surface area contributed by atoms with Gasteiger partial charge >= 0.3 is 6.18 Å². The van der Waals surface area contributed by atoms with Gasteiger partial charge in [0.25, 0.3) is 0 Å². The summed E-state index contributed by atoms with van der Waals surface area (Å²) in [4.78, 5) is 13.4. The zero-order valence-corrected chi connectivity index (χ0v) is 12.3. The van der Waals surface area contributed by atoms with E-state index in [0.29, 0.717) is 5.82 Å². The van der Waals surface area contributed by atoms with Crippen LogP contribution in [0.2, 0.25) is 0 Å². The number of hydrogen-bond donors (Lipinski definition) is 1. The third kappa shape index (κ3) is 3.21. The highest BCUT2D eigenvalue weighted by Gasteiger charge is 2.54. The molecule has 0 unspecified atom stereocenters. The molecular weight excluding hydrogens is 303 g/mol. The largest absolute Gasteiger partial charge is 0.417 e. The van der Waals surface area contributed by atoms with Crippen molar-refractivity contribution in [2.45, 2.75) is 50.9 Å². The fraction of sp³-hybridized carbons (Fsp3) is 0.833. The number of alkyl halides is 3. The first kappa shape index (κ1) is 16.7. The topological polar surface area (TPSA) is 84.1 Å². The van der Waals surface area contributed by atoms with Gasteiger partial charge in [-0.25, -0.2) is 4.68 Å². The van der Waals surface area contributed by atoms with Crippen molar-refractivity contribution in [3.05, 3.63) is 5.82 Å². The Morgan fingerprint density at radius 1 is 1.36 bits per heavy atom. The number of likely N-dealkylation sites (tertiary alicyclic amines) is 1. The molecule has 0 aliphatic carbocycles. The molecule has 0 atom stereocenters. The van der Waals surface area contributed by atoms with Crippen LogP contribution in [0.4, 0.5) is 13.2 Å². The van der Waals surface area contributed by atoms with Crippen molar-refractivity contribution in [2.24, 2.45) is 0 Å². The van der Waals surface area contributed by atoms with Gasteiger partial charge < -0.3 is 10.0 Å². The summed E-state index contributed by atoms with van der Waals surface area (Å²) in [6, 6.07) is 0. The van der Waals surface area contributed by atoms with Crippen LogP contribution in [0.25, 0.3) is 0 Å². The third-order valence-corrected chi connectivity index (χ3v) is 3.83. The molecule has 1 aromatic heterocycles. The number of amides is 1. The van der Waals surface area contributed by atoms with Crippen molar-refractivity contribution in [3.63, 3.8) is 0 Å². The number of hydrogen-bond acceptors (Lipinski definition) is 5.